The first kappa shape index (κ1) is 16.4. The van der Waals surface area contributed by atoms with Crippen LogP contribution in [0.5, 0.6) is 0 Å². The van der Waals surface area contributed by atoms with Gasteiger partial charge in [-0.1, -0.05) is 0 Å². The van der Waals surface area contributed by atoms with E-state index in [4.69, 9.17) is 0 Å². The van der Waals surface area contributed by atoms with Gasteiger partial charge in [-0.15, -0.1) is 0 Å². The minimum absolute atomic E-state index is 0.0865. The summed E-state index contributed by atoms with van der Waals surface area (Å²) in [5.74, 6) is 2.69. The first-order valence-corrected chi connectivity index (χ1v) is 9.66. The van der Waals surface area contributed by atoms with Gasteiger partial charge in [-0.2, -0.15) is 14.6 Å². The Morgan fingerprint density at radius 2 is 1.93 bits per heavy atom. The molecular formula is C19H23N7O. The number of hydrogen-bond donors (Lipinski definition) is 0. The average molecular weight is 365 g/mol. The van der Waals surface area contributed by atoms with Crippen molar-refractivity contribution in [3.8, 4) is 0 Å². The summed E-state index contributed by atoms with van der Waals surface area (Å²) in [6.45, 7) is 4.60. The highest BCUT2D eigenvalue weighted by Crippen LogP contribution is 2.38. The van der Waals surface area contributed by atoms with Crippen LogP contribution in [0.15, 0.2) is 29.6 Å². The quantitative estimate of drug-likeness (QED) is 0.701. The number of aryl methyl sites for hydroxylation is 1. The SMILES string of the molecule is Cc1cc(N2CCC(Cn3cnc(C4CC4)cc3=O)CC2)n2ncnc2n1. The van der Waals surface area contributed by atoms with Gasteiger partial charge in [0, 0.05) is 43.4 Å². The van der Waals surface area contributed by atoms with Gasteiger partial charge in [0.25, 0.3) is 11.3 Å². The van der Waals surface area contributed by atoms with Crippen molar-refractivity contribution in [1.29, 1.82) is 0 Å². The summed E-state index contributed by atoms with van der Waals surface area (Å²) < 4.78 is 3.58. The molecule has 2 aliphatic rings. The van der Waals surface area contributed by atoms with Crippen LogP contribution in [0.1, 0.15) is 43.0 Å². The lowest BCUT2D eigenvalue weighted by atomic mass is 9.96. The van der Waals surface area contributed by atoms with Crippen LogP contribution in [-0.2, 0) is 6.54 Å². The maximum Gasteiger partial charge on any atom is 0.254 e. The lowest BCUT2D eigenvalue weighted by Crippen LogP contribution is -2.37. The summed E-state index contributed by atoms with van der Waals surface area (Å²) in [6, 6.07) is 3.79. The molecule has 1 saturated heterocycles. The van der Waals surface area contributed by atoms with E-state index < -0.39 is 0 Å². The molecule has 0 atom stereocenters. The highest BCUT2D eigenvalue weighted by molar-refractivity contribution is 5.47. The van der Waals surface area contributed by atoms with Crippen molar-refractivity contribution in [2.24, 2.45) is 5.92 Å². The van der Waals surface area contributed by atoms with E-state index in [1.807, 2.05) is 6.92 Å². The molecule has 27 heavy (non-hydrogen) atoms. The van der Waals surface area contributed by atoms with Crippen LogP contribution in [-0.4, -0.2) is 42.2 Å². The number of hydrogen-bond acceptors (Lipinski definition) is 6. The molecule has 2 fully saturated rings. The van der Waals surface area contributed by atoms with Crippen LogP contribution in [0.4, 0.5) is 5.82 Å². The van der Waals surface area contributed by atoms with Crippen LogP contribution in [0, 0.1) is 12.8 Å². The van der Waals surface area contributed by atoms with Gasteiger partial charge in [0.15, 0.2) is 0 Å². The molecular weight excluding hydrogens is 342 g/mol. The maximum atomic E-state index is 12.4. The second-order valence-corrected chi connectivity index (χ2v) is 7.74. The van der Waals surface area contributed by atoms with E-state index in [1.54, 1.807) is 27.8 Å². The standard InChI is InChI=1S/C19H23N7O/c1-13-8-17(26-19(23-13)20-11-22-26)24-6-4-14(5-7-24)10-25-12-21-16(9-18(25)27)15-2-3-15/h8-9,11-12,14-15H,2-7,10H2,1H3. The van der Waals surface area contributed by atoms with Crippen LogP contribution < -0.4 is 10.5 Å². The molecule has 1 aliphatic carbocycles. The van der Waals surface area contributed by atoms with Crippen molar-refractivity contribution in [2.75, 3.05) is 18.0 Å². The van der Waals surface area contributed by atoms with Crippen molar-refractivity contribution in [1.82, 2.24) is 29.1 Å². The fourth-order valence-corrected chi connectivity index (χ4v) is 3.94. The zero-order chi connectivity index (χ0) is 18.4. The van der Waals surface area contributed by atoms with Gasteiger partial charge in [0.1, 0.15) is 12.1 Å². The summed E-state index contributed by atoms with van der Waals surface area (Å²) in [6.07, 6.45) is 7.70. The topological polar surface area (TPSA) is 81.2 Å². The lowest BCUT2D eigenvalue weighted by Gasteiger charge is -2.33. The Balaban J connectivity index is 1.27. The number of anilines is 1. The molecule has 0 aromatic carbocycles. The predicted octanol–water partition coefficient (Wildman–Crippen LogP) is 1.78. The van der Waals surface area contributed by atoms with E-state index in [-0.39, 0.29) is 5.56 Å². The van der Waals surface area contributed by atoms with Crippen molar-refractivity contribution in [2.45, 2.75) is 45.1 Å². The van der Waals surface area contributed by atoms with Gasteiger partial charge in [0.05, 0.1) is 12.0 Å². The van der Waals surface area contributed by atoms with Gasteiger partial charge in [-0.3, -0.25) is 9.36 Å². The molecule has 1 aliphatic heterocycles. The van der Waals surface area contributed by atoms with E-state index in [0.29, 0.717) is 17.6 Å². The summed E-state index contributed by atoms with van der Waals surface area (Å²) in [5, 5.41) is 4.31. The monoisotopic (exact) mass is 365 g/mol. The van der Waals surface area contributed by atoms with Crippen LogP contribution in [0.25, 0.3) is 5.78 Å². The Hall–Kier alpha value is -2.77. The highest BCUT2D eigenvalue weighted by Gasteiger charge is 2.26. The number of piperidine rings is 1. The maximum absolute atomic E-state index is 12.4. The molecule has 4 heterocycles. The largest absolute Gasteiger partial charge is 0.356 e. The summed E-state index contributed by atoms with van der Waals surface area (Å²) in [7, 11) is 0. The average Bonchev–Trinajstić information content (AvgIpc) is 3.41. The van der Waals surface area contributed by atoms with Gasteiger partial charge >= 0.3 is 0 Å². The Morgan fingerprint density at radius 1 is 1.11 bits per heavy atom. The summed E-state index contributed by atoms with van der Waals surface area (Å²) in [5.41, 5.74) is 2.00. The molecule has 0 unspecified atom stereocenters. The van der Waals surface area contributed by atoms with E-state index in [9.17, 15) is 4.79 Å². The van der Waals surface area contributed by atoms with Crippen LogP contribution in [0.3, 0.4) is 0 Å². The number of aromatic nitrogens is 6. The first-order chi connectivity index (χ1) is 13.2. The summed E-state index contributed by atoms with van der Waals surface area (Å²) in [4.78, 5) is 27.8. The normalized spacial score (nSPS) is 18.3. The predicted molar refractivity (Wildman–Crippen MR) is 101 cm³/mol. The van der Waals surface area contributed by atoms with Crippen LogP contribution in [0.2, 0.25) is 0 Å². The molecule has 5 rings (SSSR count). The molecule has 8 heteroatoms. The minimum atomic E-state index is 0.0865. The molecule has 8 nitrogen and oxygen atoms in total. The third-order valence-corrected chi connectivity index (χ3v) is 5.65. The first-order valence-electron chi connectivity index (χ1n) is 9.66. The van der Waals surface area contributed by atoms with Crippen molar-refractivity contribution in [3.05, 3.63) is 46.5 Å². The van der Waals surface area contributed by atoms with E-state index in [1.165, 1.54) is 12.8 Å². The third kappa shape index (κ3) is 3.20. The molecule has 0 radical (unpaired) electrons. The number of nitrogens with zero attached hydrogens (tertiary/aromatic N) is 7. The number of fused-ring (bicyclic) bond motifs is 1. The van der Waals surface area contributed by atoms with Gasteiger partial charge in [0.2, 0.25) is 0 Å². The fourth-order valence-electron chi connectivity index (χ4n) is 3.94. The Bertz CT molecular complexity index is 1030. The number of rotatable bonds is 4. The fraction of sp³-hybridized carbons (Fsp3) is 0.526. The molecule has 0 spiro atoms. The smallest absolute Gasteiger partial charge is 0.254 e. The molecule has 1 saturated carbocycles. The molecule has 140 valence electrons. The van der Waals surface area contributed by atoms with E-state index >= 15 is 0 Å². The minimum Gasteiger partial charge on any atom is -0.356 e. The van der Waals surface area contributed by atoms with Crippen molar-refractivity contribution in [3.63, 3.8) is 0 Å². The van der Waals surface area contributed by atoms with Crippen LogP contribution >= 0.6 is 0 Å². The Labute approximate surface area is 156 Å². The van der Waals surface area contributed by atoms with E-state index in [0.717, 1.165) is 49.7 Å². The van der Waals surface area contributed by atoms with Gasteiger partial charge in [-0.25, -0.2) is 9.97 Å². The van der Waals surface area contributed by atoms with Gasteiger partial charge < -0.3 is 4.90 Å². The van der Waals surface area contributed by atoms with Crippen molar-refractivity contribution < 1.29 is 0 Å². The van der Waals surface area contributed by atoms with Crippen molar-refractivity contribution >= 4 is 11.6 Å². The Kier molecular flexibility index (Phi) is 3.91. The Morgan fingerprint density at radius 3 is 2.67 bits per heavy atom. The highest BCUT2D eigenvalue weighted by atomic mass is 16.1. The zero-order valence-electron chi connectivity index (χ0n) is 15.5. The second-order valence-electron chi connectivity index (χ2n) is 7.74. The molecule has 0 N–H and O–H groups in total. The molecule has 0 bridgehead atoms. The summed E-state index contributed by atoms with van der Waals surface area (Å²) >= 11 is 0. The molecule has 3 aromatic rings. The van der Waals surface area contributed by atoms with E-state index in [2.05, 4.69) is 31.0 Å². The third-order valence-electron chi connectivity index (χ3n) is 5.65. The van der Waals surface area contributed by atoms with Gasteiger partial charge in [-0.05, 0) is 38.5 Å². The molecule has 3 aromatic heterocycles. The lowest BCUT2D eigenvalue weighted by molar-refractivity contribution is 0.349. The zero-order valence-corrected chi connectivity index (χ0v) is 15.5. The molecule has 0 amide bonds. The second kappa shape index (κ2) is 6.44.